The van der Waals surface area contributed by atoms with Crippen molar-refractivity contribution in [2.75, 3.05) is 13.1 Å². The highest BCUT2D eigenvalue weighted by molar-refractivity contribution is 6.00. The minimum absolute atomic E-state index is 0.0295. The average Bonchev–Trinajstić information content (AvgIpc) is 3.16. The second-order valence-electron chi connectivity index (χ2n) is 10.7. The minimum Gasteiger partial charge on any atom is -0.494 e. The number of alkyl halides is 2. The van der Waals surface area contributed by atoms with Crippen LogP contribution in [-0.2, 0) is 6.54 Å². The number of aromatic hydroxyl groups is 1. The number of likely N-dealkylation sites (tertiary alicyclic amines) is 1. The summed E-state index contributed by atoms with van der Waals surface area (Å²) in [5.74, 6) is -4.75. The Morgan fingerprint density at radius 3 is 2.64 bits per heavy atom. The molecule has 0 radical (unpaired) electrons. The van der Waals surface area contributed by atoms with E-state index in [2.05, 4.69) is 20.6 Å². The SMILES string of the molecule is CC(C)(C)Cn1c(O)c(C(=O)NC2CC2)c(=O)n2nc(-c3[nH]ncc3C(=O)N3CCC(F)(F)C3)cc12. The molecule has 1 saturated heterocycles. The molecule has 3 aromatic heterocycles. The van der Waals surface area contributed by atoms with Crippen molar-refractivity contribution in [1.82, 2.24) is 34.6 Å². The second-order valence-corrected chi connectivity index (χ2v) is 10.7. The van der Waals surface area contributed by atoms with E-state index in [-0.39, 0.29) is 47.1 Å². The first-order valence-electron chi connectivity index (χ1n) is 11.7. The molecule has 0 bridgehead atoms. The van der Waals surface area contributed by atoms with Crippen molar-refractivity contribution in [3.05, 3.63) is 33.7 Å². The third-order valence-corrected chi connectivity index (χ3v) is 6.21. The Kier molecular flexibility index (Phi) is 5.41. The van der Waals surface area contributed by atoms with Crippen LogP contribution in [0.25, 0.3) is 17.0 Å². The molecule has 36 heavy (non-hydrogen) atoms. The molecule has 3 N–H and O–H groups in total. The molecule has 0 spiro atoms. The lowest BCUT2D eigenvalue weighted by Crippen LogP contribution is -2.35. The number of aromatic nitrogens is 5. The van der Waals surface area contributed by atoms with Crippen LogP contribution in [0.15, 0.2) is 17.1 Å². The van der Waals surface area contributed by atoms with Gasteiger partial charge in [0.2, 0.25) is 5.88 Å². The van der Waals surface area contributed by atoms with Gasteiger partial charge in [-0.15, -0.1) is 0 Å². The van der Waals surface area contributed by atoms with Gasteiger partial charge in [-0.2, -0.15) is 14.7 Å². The van der Waals surface area contributed by atoms with Gasteiger partial charge in [-0.05, 0) is 18.3 Å². The molecule has 0 aromatic carbocycles. The van der Waals surface area contributed by atoms with E-state index in [0.717, 1.165) is 22.3 Å². The third-order valence-electron chi connectivity index (χ3n) is 6.21. The van der Waals surface area contributed by atoms with Crippen LogP contribution in [0, 0.1) is 5.41 Å². The monoisotopic (exact) mass is 503 g/mol. The normalized spacial score (nSPS) is 17.6. The molecule has 0 atom stereocenters. The van der Waals surface area contributed by atoms with Gasteiger partial charge in [-0.1, -0.05) is 20.8 Å². The van der Waals surface area contributed by atoms with Crippen LogP contribution in [0.1, 0.15) is 60.7 Å². The summed E-state index contributed by atoms with van der Waals surface area (Å²) in [5.41, 5.74) is -1.08. The summed E-state index contributed by atoms with van der Waals surface area (Å²) < 4.78 is 29.8. The van der Waals surface area contributed by atoms with Crippen LogP contribution < -0.4 is 10.9 Å². The number of fused-ring (bicyclic) bond motifs is 1. The van der Waals surface area contributed by atoms with Gasteiger partial charge in [0.25, 0.3) is 23.3 Å². The van der Waals surface area contributed by atoms with E-state index in [4.69, 9.17) is 0 Å². The number of hydrogen-bond acceptors (Lipinski definition) is 6. The van der Waals surface area contributed by atoms with Gasteiger partial charge in [0.1, 0.15) is 11.3 Å². The van der Waals surface area contributed by atoms with Crippen molar-refractivity contribution in [1.29, 1.82) is 0 Å². The highest BCUT2D eigenvalue weighted by Crippen LogP contribution is 2.31. The number of carbonyl (C=O) groups is 2. The molecule has 192 valence electrons. The van der Waals surface area contributed by atoms with Gasteiger partial charge in [-0.3, -0.25) is 24.0 Å². The first-order valence-corrected chi connectivity index (χ1v) is 11.7. The maximum Gasteiger partial charge on any atom is 0.291 e. The van der Waals surface area contributed by atoms with Crippen LogP contribution in [0.2, 0.25) is 0 Å². The third kappa shape index (κ3) is 4.33. The molecule has 2 fully saturated rings. The lowest BCUT2D eigenvalue weighted by molar-refractivity contribution is 0.0120. The molecule has 11 nitrogen and oxygen atoms in total. The predicted octanol–water partition coefficient (Wildman–Crippen LogP) is 2.01. The Labute approximate surface area is 204 Å². The molecule has 3 aromatic rings. The summed E-state index contributed by atoms with van der Waals surface area (Å²) in [6.45, 7) is 5.25. The Bertz CT molecular complexity index is 1430. The summed E-state index contributed by atoms with van der Waals surface area (Å²) >= 11 is 0. The number of amides is 2. The van der Waals surface area contributed by atoms with Gasteiger partial charge < -0.3 is 15.3 Å². The molecule has 1 saturated carbocycles. The van der Waals surface area contributed by atoms with E-state index in [1.807, 2.05) is 20.8 Å². The molecule has 1 aliphatic carbocycles. The smallest absolute Gasteiger partial charge is 0.291 e. The number of carbonyl (C=O) groups excluding carboxylic acids is 2. The highest BCUT2D eigenvalue weighted by Gasteiger charge is 2.41. The van der Waals surface area contributed by atoms with Gasteiger partial charge in [-0.25, -0.2) is 8.78 Å². The summed E-state index contributed by atoms with van der Waals surface area (Å²) in [6.07, 6.45) is 2.41. The number of aromatic amines is 1. The maximum atomic E-state index is 13.7. The Balaban J connectivity index is 1.62. The van der Waals surface area contributed by atoms with E-state index in [1.165, 1.54) is 16.8 Å². The van der Waals surface area contributed by atoms with Crippen molar-refractivity contribution >= 4 is 17.5 Å². The molecular formula is C23H27F2N7O4. The summed E-state index contributed by atoms with van der Waals surface area (Å²) in [6, 6.07) is 1.45. The van der Waals surface area contributed by atoms with Crippen molar-refractivity contribution in [3.63, 3.8) is 0 Å². The Hall–Kier alpha value is -3.77. The second kappa shape index (κ2) is 8.14. The van der Waals surface area contributed by atoms with Gasteiger partial charge in [0.05, 0.1) is 24.0 Å². The van der Waals surface area contributed by atoms with Crippen LogP contribution in [0.3, 0.4) is 0 Å². The molecular weight excluding hydrogens is 476 g/mol. The van der Waals surface area contributed by atoms with Crippen LogP contribution >= 0.6 is 0 Å². The number of rotatable bonds is 5. The van der Waals surface area contributed by atoms with Gasteiger partial charge in [0.15, 0.2) is 5.56 Å². The first kappa shape index (κ1) is 23.9. The number of H-pyrrole nitrogens is 1. The predicted molar refractivity (Wildman–Crippen MR) is 124 cm³/mol. The Morgan fingerprint density at radius 2 is 2.03 bits per heavy atom. The number of halogens is 2. The van der Waals surface area contributed by atoms with E-state index in [1.54, 1.807) is 0 Å². The zero-order chi connectivity index (χ0) is 26.0. The van der Waals surface area contributed by atoms with Crippen LogP contribution in [-0.4, -0.2) is 71.3 Å². The van der Waals surface area contributed by atoms with Gasteiger partial charge in [0, 0.05) is 31.6 Å². The first-order chi connectivity index (χ1) is 16.8. The molecule has 4 heterocycles. The molecule has 2 aliphatic rings. The zero-order valence-corrected chi connectivity index (χ0v) is 20.1. The summed E-state index contributed by atoms with van der Waals surface area (Å²) in [5, 5.41) is 24.6. The summed E-state index contributed by atoms with van der Waals surface area (Å²) in [7, 11) is 0. The lowest BCUT2D eigenvalue weighted by atomic mass is 9.96. The van der Waals surface area contributed by atoms with Crippen molar-refractivity contribution in [2.24, 2.45) is 5.41 Å². The zero-order valence-electron chi connectivity index (χ0n) is 20.1. The standard InChI is InChI=1S/C23H27F2N7O4/c1-22(2,3)10-31-15-8-14(17-13(9-26-28-17)19(34)30-7-6-23(24,25)11-30)29-32(15)21(36)16(20(31)35)18(33)27-12-4-5-12/h8-9,12,35H,4-7,10-11H2,1-3H3,(H,26,28)(H,27,33). The fourth-order valence-corrected chi connectivity index (χ4v) is 4.32. The highest BCUT2D eigenvalue weighted by atomic mass is 19.3. The van der Waals surface area contributed by atoms with E-state index in [0.29, 0.717) is 0 Å². The van der Waals surface area contributed by atoms with E-state index >= 15 is 0 Å². The average molecular weight is 504 g/mol. The van der Waals surface area contributed by atoms with Crippen LogP contribution in [0.5, 0.6) is 5.88 Å². The largest absolute Gasteiger partial charge is 0.494 e. The molecule has 1 aliphatic heterocycles. The Morgan fingerprint density at radius 1 is 1.31 bits per heavy atom. The van der Waals surface area contributed by atoms with Crippen LogP contribution in [0.4, 0.5) is 8.78 Å². The molecule has 5 rings (SSSR count). The number of nitrogens with zero attached hydrogens (tertiary/aromatic N) is 5. The fraction of sp³-hybridized carbons (Fsp3) is 0.522. The quantitative estimate of drug-likeness (QED) is 0.487. The molecule has 2 amide bonds. The topological polar surface area (TPSA) is 138 Å². The minimum atomic E-state index is -2.95. The van der Waals surface area contributed by atoms with Gasteiger partial charge >= 0.3 is 0 Å². The molecule has 13 heteroatoms. The fourth-order valence-electron chi connectivity index (χ4n) is 4.32. The summed E-state index contributed by atoms with van der Waals surface area (Å²) in [4.78, 5) is 40.1. The van der Waals surface area contributed by atoms with E-state index < -0.39 is 47.7 Å². The van der Waals surface area contributed by atoms with Crippen molar-refractivity contribution in [3.8, 4) is 17.3 Å². The number of hydrogen-bond donors (Lipinski definition) is 3. The number of nitrogens with one attached hydrogen (secondary N) is 2. The van der Waals surface area contributed by atoms with E-state index in [9.17, 15) is 28.3 Å². The van der Waals surface area contributed by atoms with Crippen molar-refractivity contribution in [2.45, 2.75) is 58.5 Å². The lowest BCUT2D eigenvalue weighted by Gasteiger charge is -2.23. The van der Waals surface area contributed by atoms with Crippen molar-refractivity contribution < 1.29 is 23.5 Å². The maximum absolute atomic E-state index is 13.7. The molecule has 0 unspecified atom stereocenters.